The molecule has 0 aromatic heterocycles. The van der Waals surface area contributed by atoms with Gasteiger partial charge in [-0.05, 0) is 72.4 Å². The Morgan fingerprint density at radius 2 is 1.96 bits per heavy atom. The van der Waals surface area contributed by atoms with E-state index in [0.29, 0.717) is 17.6 Å². The normalized spacial score (nSPS) is 33.5. The average Bonchev–Trinajstić information content (AvgIpc) is 3.08. The Hall–Kier alpha value is -1.54. The van der Waals surface area contributed by atoms with Crippen LogP contribution < -0.4 is 10.1 Å². The lowest BCUT2D eigenvalue weighted by molar-refractivity contribution is 0.157. The molecule has 0 spiro atoms. The third kappa shape index (κ3) is 2.65. The Morgan fingerprint density at radius 3 is 2.69 bits per heavy atom. The molecular formula is C24H31NO. The van der Waals surface area contributed by atoms with Crippen LogP contribution in [0.1, 0.15) is 57.9 Å². The van der Waals surface area contributed by atoms with Crippen molar-refractivity contribution in [1.29, 1.82) is 0 Å². The molecule has 0 amide bonds. The number of benzene rings is 2. The zero-order valence-electron chi connectivity index (χ0n) is 16.1. The summed E-state index contributed by atoms with van der Waals surface area (Å²) < 4.78 is 6.36. The molecule has 4 atom stereocenters. The minimum absolute atomic E-state index is 0.406. The van der Waals surface area contributed by atoms with E-state index in [9.17, 15) is 0 Å². The first-order valence-electron chi connectivity index (χ1n) is 10.6. The van der Waals surface area contributed by atoms with Crippen LogP contribution in [0.4, 0.5) is 0 Å². The first-order chi connectivity index (χ1) is 12.7. The van der Waals surface area contributed by atoms with Crippen LogP contribution in [0.5, 0.6) is 5.75 Å². The van der Waals surface area contributed by atoms with Gasteiger partial charge < -0.3 is 10.1 Å². The van der Waals surface area contributed by atoms with Gasteiger partial charge in [0, 0.05) is 18.0 Å². The van der Waals surface area contributed by atoms with Gasteiger partial charge in [0.1, 0.15) is 5.75 Å². The highest BCUT2D eigenvalue weighted by Gasteiger charge is 2.70. The van der Waals surface area contributed by atoms with Gasteiger partial charge in [-0.25, -0.2) is 0 Å². The van der Waals surface area contributed by atoms with E-state index in [1.165, 1.54) is 54.9 Å². The topological polar surface area (TPSA) is 21.3 Å². The van der Waals surface area contributed by atoms with Gasteiger partial charge >= 0.3 is 0 Å². The summed E-state index contributed by atoms with van der Waals surface area (Å²) in [5.41, 5.74) is 1.96. The predicted octanol–water partition coefficient (Wildman–Crippen LogP) is 5.69. The van der Waals surface area contributed by atoms with Crippen LogP contribution in [0, 0.1) is 17.3 Å². The van der Waals surface area contributed by atoms with E-state index in [1.54, 1.807) is 0 Å². The summed E-state index contributed by atoms with van der Waals surface area (Å²) in [6.45, 7) is 5.85. The van der Waals surface area contributed by atoms with Gasteiger partial charge in [-0.3, -0.25) is 0 Å². The van der Waals surface area contributed by atoms with Crippen LogP contribution in [0.15, 0.2) is 36.4 Å². The molecule has 0 heterocycles. The molecule has 0 saturated heterocycles. The Kier molecular flexibility index (Phi) is 4.01. The number of fused-ring (bicyclic) bond motifs is 2. The smallest absolute Gasteiger partial charge is 0.127 e. The van der Waals surface area contributed by atoms with Crippen molar-refractivity contribution < 1.29 is 4.74 Å². The molecule has 3 aliphatic rings. The van der Waals surface area contributed by atoms with E-state index < -0.39 is 0 Å². The third-order valence-corrected chi connectivity index (χ3v) is 7.82. The fourth-order valence-electron chi connectivity index (χ4n) is 5.67. The summed E-state index contributed by atoms with van der Waals surface area (Å²) in [4.78, 5) is 0. The molecule has 2 nitrogen and oxygen atoms in total. The van der Waals surface area contributed by atoms with Gasteiger partial charge in [0.25, 0.3) is 0 Å². The molecule has 138 valence electrons. The highest BCUT2D eigenvalue weighted by atomic mass is 16.5. The Labute approximate surface area is 157 Å². The first kappa shape index (κ1) is 16.6. The Morgan fingerprint density at radius 1 is 1.12 bits per heavy atom. The van der Waals surface area contributed by atoms with E-state index in [0.717, 1.165) is 24.1 Å². The molecule has 2 aromatic rings. The molecule has 3 aliphatic carbocycles. The van der Waals surface area contributed by atoms with Crippen molar-refractivity contribution in [2.24, 2.45) is 17.3 Å². The second-order valence-electron chi connectivity index (χ2n) is 9.12. The van der Waals surface area contributed by atoms with E-state index >= 15 is 0 Å². The maximum atomic E-state index is 6.36. The van der Waals surface area contributed by atoms with Crippen molar-refractivity contribution in [3.63, 3.8) is 0 Å². The minimum atomic E-state index is 0.406. The fraction of sp³-hybridized carbons (Fsp3) is 0.583. The summed E-state index contributed by atoms with van der Waals surface area (Å²) >= 11 is 0. The number of ether oxygens (including phenoxy) is 1. The van der Waals surface area contributed by atoms with Gasteiger partial charge in [-0.2, -0.15) is 0 Å². The molecule has 4 unspecified atom stereocenters. The summed E-state index contributed by atoms with van der Waals surface area (Å²) in [7, 11) is 0. The van der Waals surface area contributed by atoms with Crippen molar-refractivity contribution in [2.45, 2.75) is 71.1 Å². The molecule has 1 N–H and O–H groups in total. The lowest BCUT2D eigenvalue weighted by atomic mass is 9.80. The van der Waals surface area contributed by atoms with Crippen LogP contribution in [0.2, 0.25) is 0 Å². The van der Waals surface area contributed by atoms with Crippen LogP contribution in [0.25, 0.3) is 10.8 Å². The van der Waals surface area contributed by atoms with Crippen LogP contribution in [-0.4, -0.2) is 12.1 Å². The van der Waals surface area contributed by atoms with Gasteiger partial charge in [0.05, 0.1) is 6.10 Å². The van der Waals surface area contributed by atoms with Crippen molar-refractivity contribution in [1.82, 2.24) is 5.32 Å². The molecule has 3 saturated carbocycles. The van der Waals surface area contributed by atoms with E-state index in [1.807, 2.05) is 0 Å². The molecule has 0 bridgehead atoms. The van der Waals surface area contributed by atoms with Crippen molar-refractivity contribution in [2.75, 3.05) is 0 Å². The zero-order chi connectivity index (χ0) is 17.7. The summed E-state index contributed by atoms with van der Waals surface area (Å²) in [6, 6.07) is 14.1. The molecule has 2 aromatic carbocycles. The predicted molar refractivity (Wildman–Crippen MR) is 107 cm³/mol. The van der Waals surface area contributed by atoms with Gasteiger partial charge in [-0.1, -0.05) is 44.5 Å². The average molecular weight is 350 g/mol. The summed E-state index contributed by atoms with van der Waals surface area (Å²) in [5.74, 6) is 2.96. The highest BCUT2D eigenvalue weighted by molar-refractivity contribution is 5.88. The van der Waals surface area contributed by atoms with E-state index in [-0.39, 0.29) is 0 Å². The number of hydrogen-bond acceptors (Lipinski definition) is 2. The monoisotopic (exact) mass is 349 g/mol. The minimum Gasteiger partial charge on any atom is -0.490 e. The van der Waals surface area contributed by atoms with Gasteiger partial charge in [0.15, 0.2) is 0 Å². The second kappa shape index (κ2) is 6.27. The van der Waals surface area contributed by atoms with Crippen molar-refractivity contribution >= 4 is 10.8 Å². The Balaban J connectivity index is 1.29. The number of rotatable bonds is 5. The Bertz CT molecular complexity index is 803. The zero-order valence-corrected chi connectivity index (χ0v) is 16.1. The quantitative estimate of drug-likeness (QED) is 0.749. The molecule has 26 heavy (non-hydrogen) atoms. The maximum absolute atomic E-state index is 6.36. The number of hydrogen-bond donors (Lipinski definition) is 1. The van der Waals surface area contributed by atoms with Gasteiger partial charge in [-0.15, -0.1) is 0 Å². The van der Waals surface area contributed by atoms with Crippen LogP contribution in [-0.2, 0) is 6.54 Å². The standard InChI is InChI=1S/C24H31NO/c1-16-21-14-23(24(16,21)2)25-15-17-11-12-20-18(13-17)7-6-10-22(20)26-19-8-4-3-5-9-19/h6-7,10-13,16,19,21,23,25H,3-5,8-9,14-15H2,1-2H3. The van der Waals surface area contributed by atoms with Crippen molar-refractivity contribution in [3.05, 3.63) is 42.0 Å². The molecule has 0 radical (unpaired) electrons. The maximum Gasteiger partial charge on any atom is 0.127 e. The molecule has 0 aliphatic heterocycles. The molecule has 2 heteroatoms. The number of nitrogens with one attached hydrogen (secondary N) is 1. The SMILES string of the molecule is CC1C2CC(NCc3ccc4c(OC5CCCCC5)cccc4c3)C12C. The van der Waals surface area contributed by atoms with E-state index in [2.05, 4.69) is 55.6 Å². The fourth-order valence-corrected chi connectivity index (χ4v) is 5.67. The third-order valence-electron chi connectivity index (χ3n) is 7.82. The lowest BCUT2D eigenvalue weighted by Gasteiger charge is -2.34. The largest absolute Gasteiger partial charge is 0.490 e. The second-order valence-corrected chi connectivity index (χ2v) is 9.12. The highest BCUT2D eigenvalue weighted by Crippen LogP contribution is 2.71. The summed E-state index contributed by atoms with van der Waals surface area (Å²) in [5, 5.41) is 6.37. The van der Waals surface area contributed by atoms with Crippen LogP contribution >= 0.6 is 0 Å². The summed E-state index contributed by atoms with van der Waals surface area (Å²) in [6.07, 6.45) is 8.17. The lowest BCUT2D eigenvalue weighted by Crippen LogP contribution is -2.44. The van der Waals surface area contributed by atoms with Crippen LogP contribution in [0.3, 0.4) is 0 Å². The van der Waals surface area contributed by atoms with E-state index in [4.69, 9.17) is 4.74 Å². The van der Waals surface area contributed by atoms with Crippen molar-refractivity contribution in [3.8, 4) is 5.75 Å². The van der Waals surface area contributed by atoms with Gasteiger partial charge in [0.2, 0.25) is 0 Å². The molecule has 5 rings (SSSR count). The molecule has 3 fully saturated rings. The first-order valence-corrected chi connectivity index (χ1v) is 10.6. The molecular weight excluding hydrogens is 318 g/mol.